The first-order valence-electron chi connectivity index (χ1n) is 10.5. The van der Waals surface area contributed by atoms with Crippen molar-refractivity contribution in [3.8, 4) is 5.69 Å². The van der Waals surface area contributed by atoms with Crippen LogP contribution in [0.25, 0.3) is 16.5 Å². The van der Waals surface area contributed by atoms with Gasteiger partial charge in [0.25, 0.3) is 11.5 Å². The largest absolute Gasteiger partial charge is 0.306 e. The van der Waals surface area contributed by atoms with Crippen molar-refractivity contribution in [2.45, 2.75) is 33.2 Å². The Morgan fingerprint density at radius 1 is 1.09 bits per heavy atom. The number of imidazole rings is 1. The number of amides is 1. The van der Waals surface area contributed by atoms with E-state index in [0.717, 1.165) is 24.1 Å². The summed E-state index contributed by atoms with van der Waals surface area (Å²) in [6.07, 6.45) is 7.05. The Labute approximate surface area is 185 Å². The van der Waals surface area contributed by atoms with Gasteiger partial charge in [0.1, 0.15) is 0 Å². The minimum absolute atomic E-state index is 0.184. The minimum Gasteiger partial charge on any atom is -0.306 e. The van der Waals surface area contributed by atoms with Crippen molar-refractivity contribution in [3.63, 3.8) is 0 Å². The predicted octanol–water partition coefficient (Wildman–Crippen LogP) is 3.54. The Morgan fingerprint density at radius 3 is 2.53 bits per heavy atom. The van der Waals surface area contributed by atoms with Crippen molar-refractivity contribution in [1.29, 1.82) is 0 Å². The van der Waals surface area contributed by atoms with Crippen LogP contribution in [0.15, 0.2) is 77.1 Å². The lowest BCUT2D eigenvalue weighted by molar-refractivity contribution is 0.0949. The van der Waals surface area contributed by atoms with Gasteiger partial charge in [0.15, 0.2) is 5.69 Å². The number of carbonyl (C=O) groups excluding carboxylic acids is 1. The molecule has 2 heterocycles. The Bertz CT molecular complexity index is 1320. The molecule has 162 valence electrons. The van der Waals surface area contributed by atoms with Crippen LogP contribution in [0.3, 0.4) is 0 Å². The van der Waals surface area contributed by atoms with E-state index in [9.17, 15) is 9.59 Å². The van der Waals surface area contributed by atoms with Crippen molar-refractivity contribution in [1.82, 2.24) is 24.8 Å². The summed E-state index contributed by atoms with van der Waals surface area (Å²) in [5.74, 6) is -0.458. The molecule has 0 bridgehead atoms. The molecule has 0 aliphatic rings. The molecule has 2 aromatic carbocycles. The van der Waals surface area contributed by atoms with Crippen molar-refractivity contribution in [2.24, 2.45) is 5.10 Å². The predicted molar refractivity (Wildman–Crippen MR) is 124 cm³/mol. The Kier molecular flexibility index (Phi) is 6.21. The number of nitrogens with one attached hydrogen (secondary N) is 1. The molecular weight excluding hydrogens is 404 g/mol. The number of carbonyl (C=O) groups is 1. The smallest absolute Gasteiger partial charge is 0.292 e. The maximum Gasteiger partial charge on any atom is 0.292 e. The van der Waals surface area contributed by atoms with E-state index in [-0.39, 0.29) is 11.3 Å². The quantitative estimate of drug-likeness (QED) is 0.360. The molecule has 2 aromatic heterocycles. The lowest BCUT2D eigenvalue weighted by atomic mass is 10.1. The zero-order chi connectivity index (χ0) is 22.5. The fourth-order valence-corrected chi connectivity index (χ4v) is 3.40. The number of benzene rings is 2. The number of hydrogen-bond acceptors (Lipinski definition) is 5. The molecule has 32 heavy (non-hydrogen) atoms. The standard InChI is InChI=1S/C24H24N6O2/c1-3-4-14-30-24(32)21-8-6-5-7-20(21)22(28-30)23(31)27-26-17(2)18-9-11-19(12-10-18)29-15-13-25-16-29/h5-13,15-16H,3-4,14H2,1-2H3,(H,27,31)/b26-17+. The first kappa shape index (κ1) is 21.2. The Balaban J connectivity index is 1.59. The van der Waals surface area contributed by atoms with E-state index in [0.29, 0.717) is 23.0 Å². The third-order valence-corrected chi connectivity index (χ3v) is 5.22. The zero-order valence-electron chi connectivity index (χ0n) is 18.0. The van der Waals surface area contributed by atoms with Crippen molar-refractivity contribution >= 4 is 22.4 Å². The summed E-state index contributed by atoms with van der Waals surface area (Å²) in [4.78, 5) is 29.7. The second-order valence-electron chi connectivity index (χ2n) is 7.43. The zero-order valence-corrected chi connectivity index (χ0v) is 18.0. The summed E-state index contributed by atoms with van der Waals surface area (Å²) in [7, 11) is 0. The number of fused-ring (bicyclic) bond motifs is 1. The highest BCUT2D eigenvalue weighted by molar-refractivity contribution is 6.06. The van der Waals surface area contributed by atoms with E-state index < -0.39 is 5.91 Å². The molecule has 0 radical (unpaired) electrons. The molecule has 0 aliphatic carbocycles. The summed E-state index contributed by atoms with van der Waals surface area (Å²) in [6, 6.07) is 14.8. The van der Waals surface area contributed by atoms with E-state index in [2.05, 4.69) is 20.6 Å². The van der Waals surface area contributed by atoms with Gasteiger partial charge in [0, 0.05) is 30.0 Å². The molecule has 0 fully saturated rings. The van der Waals surface area contributed by atoms with E-state index in [1.807, 2.05) is 48.9 Å². The van der Waals surface area contributed by atoms with Gasteiger partial charge in [0.05, 0.1) is 17.4 Å². The number of nitrogens with zero attached hydrogens (tertiary/aromatic N) is 5. The number of hydrogen-bond donors (Lipinski definition) is 1. The molecule has 4 aromatic rings. The summed E-state index contributed by atoms with van der Waals surface area (Å²) in [5, 5.41) is 9.58. The fraction of sp³-hybridized carbons (Fsp3) is 0.208. The average Bonchev–Trinajstić information content (AvgIpc) is 3.37. The molecule has 1 N–H and O–H groups in total. The SMILES string of the molecule is CCCCn1nc(C(=O)N/N=C(\C)c2ccc(-n3ccnc3)cc2)c2ccccc2c1=O. The van der Waals surface area contributed by atoms with Crippen LogP contribution >= 0.6 is 0 Å². The highest BCUT2D eigenvalue weighted by Crippen LogP contribution is 2.14. The molecule has 4 rings (SSSR count). The van der Waals surface area contributed by atoms with Crippen LogP contribution in [0.1, 0.15) is 42.7 Å². The lowest BCUT2D eigenvalue weighted by Crippen LogP contribution is -2.29. The van der Waals surface area contributed by atoms with Crippen LogP contribution in [0.5, 0.6) is 0 Å². The number of unbranched alkanes of at least 4 members (excludes halogenated alkanes) is 1. The van der Waals surface area contributed by atoms with Crippen LogP contribution in [0.2, 0.25) is 0 Å². The molecule has 8 heteroatoms. The topological polar surface area (TPSA) is 94.2 Å². The van der Waals surface area contributed by atoms with Crippen LogP contribution in [0.4, 0.5) is 0 Å². The molecule has 0 saturated carbocycles. The van der Waals surface area contributed by atoms with Gasteiger partial charge in [-0.3, -0.25) is 9.59 Å². The number of aryl methyl sites for hydroxylation is 1. The second kappa shape index (κ2) is 9.38. The highest BCUT2D eigenvalue weighted by atomic mass is 16.2. The normalized spacial score (nSPS) is 11.6. The first-order valence-corrected chi connectivity index (χ1v) is 10.5. The molecular formula is C24H24N6O2. The Hall–Kier alpha value is -4.07. The van der Waals surface area contributed by atoms with Gasteiger partial charge in [-0.15, -0.1) is 0 Å². The van der Waals surface area contributed by atoms with Gasteiger partial charge < -0.3 is 4.57 Å². The summed E-state index contributed by atoms with van der Waals surface area (Å²) < 4.78 is 3.27. The monoisotopic (exact) mass is 428 g/mol. The van der Waals surface area contributed by atoms with Gasteiger partial charge in [-0.1, -0.05) is 43.7 Å². The van der Waals surface area contributed by atoms with E-state index in [4.69, 9.17) is 0 Å². The average molecular weight is 428 g/mol. The second-order valence-corrected chi connectivity index (χ2v) is 7.43. The lowest BCUT2D eigenvalue weighted by Gasteiger charge is -2.10. The minimum atomic E-state index is -0.458. The van der Waals surface area contributed by atoms with Crippen molar-refractivity contribution in [3.05, 3.63) is 88.9 Å². The first-order chi connectivity index (χ1) is 15.6. The van der Waals surface area contributed by atoms with Crippen LogP contribution in [-0.4, -0.2) is 31.0 Å². The summed E-state index contributed by atoms with van der Waals surface area (Å²) in [6.45, 7) is 4.32. The maximum absolute atomic E-state index is 12.9. The van der Waals surface area contributed by atoms with E-state index in [1.165, 1.54) is 4.68 Å². The molecule has 0 aliphatic heterocycles. The van der Waals surface area contributed by atoms with E-state index in [1.54, 1.807) is 36.8 Å². The van der Waals surface area contributed by atoms with E-state index >= 15 is 0 Å². The van der Waals surface area contributed by atoms with Crippen LogP contribution in [-0.2, 0) is 6.54 Å². The Morgan fingerprint density at radius 2 is 1.84 bits per heavy atom. The van der Waals surface area contributed by atoms with Crippen LogP contribution < -0.4 is 11.0 Å². The number of rotatable bonds is 7. The molecule has 0 atom stereocenters. The number of aromatic nitrogens is 4. The summed E-state index contributed by atoms with van der Waals surface area (Å²) >= 11 is 0. The third kappa shape index (κ3) is 4.34. The van der Waals surface area contributed by atoms with Crippen molar-refractivity contribution in [2.75, 3.05) is 0 Å². The molecule has 8 nitrogen and oxygen atoms in total. The van der Waals surface area contributed by atoms with Gasteiger partial charge in [0.2, 0.25) is 0 Å². The van der Waals surface area contributed by atoms with Gasteiger partial charge in [-0.05, 0) is 37.1 Å². The van der Waals surface area contributed by atoms with Gasteiger partial charge in [-0.25, -0.2) is 15.1 Å². The molecule has 0 spiro atoms. The summed E-state index contributed by atoms with van der Waals surface area (Å²) in [5.41, 5.74) is 5.09. The van der Waals surface area contributed by atoms with Gasteiger partial charge >= 0.3 is 0 Å². The third-order valence-electron chi connectivity index (χ3n) is 5.22. The fourth-order valence-electron chi connectivity index (χ4n) is 3.40. The van der Waals surface area contributed by atoms with Crippen molar-refractivity contribution < 1.29 is 4.79 Å². The van der Waals surface area contributed by atoms with Gasteiger partial charge in [-0.2, -0.15) is 10.2 Å². The number of hydrazone groups is 1. The highest BCUT2D eigenvalue weighted by Gasteiger charge is 2.16. The molecule has 0 saturated heterocycles. The molecule has 1 amide bonds. The van der Waals surface area contributed by atoms with Crippen LogP contribution in [0, 0.1) is 0 Å². The molecule has 0 unspecified atom stereocenters. The maximum atomic E-state index is 12.9.